The highest BCUT2D eigenvalue weighted by atomic mass is 16.5. The third kappa shape index (κ3) is 4.27. The number of ether oxygens (including phenoxy) is 1. The first-order valence-electron chi connectivity index (χ1n) is 5.74. The number of nitrogens with one attached hydrogen (secondary N) is 1. The second-order valence-corrected chi connectivity index (χ2v) is 3.84. The van der Waals surface area contributed by atoms with Crippen LogP contribution in [0.1, 0.15) is 5.69 Å². The minimum absolute atomic E-state index is 0.0610. The fourth-order valence-electron chi connectivity index (χ4n) is 1.42. The molecule has 1 aromatic heterocycles. The summed E-state index contributed by atoms with van der Waals surface area (Å²) >= 11 is 0. The minimum Gasteiger partial charge on any atom is -0.484 e. The van der Waals surface area contributed by atoms with Crippen LogP contribution < -0.4 is 15.8 Å². The van der Waals surface area contributed by atoms with Crippen LogP contribution >= 0.6 is 0 Å². The normalized spacial score (nSPS) is 9.89. The summed E-state index contributed by atoms with van der Waals surface area (Å²) in [6.07, 6.45) is 3.06. The molecule has 0 saturated heterocycles. The molecule has 0 aliphatic heterocycles. The smallest absolute Gasteiger partial charge is 0.258 e. The minimum atomic E-state index is -0.221. The van der Waals surface area contributed by atoms with E-state index in [1.807, 2.05) is 0 Å². The van der Waals surface area contributed by atoms with E-state index in [4.69, 9.17) is 10.5 Å². The van der Waals surface area contributed by atoms with Crippen molar-refractivity contribution in [3.05, 3.63) is 48.5 Å². The zero-order valence-electron chi connectivity index (χ0n) is 10.2. The summed E-state index contributed by atoms with van der Waals surface area (Å²) in [6, 6.07) is 8.66. The van der Waals surface area contributed by atoms with Crippen LogP contribution in [0.5, 0.6) is 5.75 Å². The van der Waals surface area contributed by atoms with Crippen LogP contribution in [-0.4, -0.2) is 22.5 Å². The van der Waals surface area contributed by atoms with Crippen LogP contribution in [0.4, 0.5) is 5.69 Å². The lowest BCUT2D eigenvalue weighted by molar-refractivity contribution is -0.123. The second kappa shape index (κ2) is 6.34. The van der Waals surface area contributed by atoms with E-state index in [1.165, 1.54) is 6.33 Å². The summed E-state index contributed by atoms with van der Waals surface area (Å²) in [6.45, 7) is 0.288. The average Bonchev–Trinajstić information content (AvgIpc) is 2.44. The van der Waals surface area contributed by atoms with Gasteiger partial charge < -0.3 is 15.8 Å². The molecule has 2 rings (SSSR count). The number of anilines is 1. The molecule has 0 saturated carbocycles. The Kier molecular flexibility index (Phi) is 4.28. The topological polar surface area (TPSA) is 90.1 Å². The molecule has 6 nitrogen and oxygen atoms in total. The van der Waals surface area contributed by atoms with Gasteiger partial charge in [-0.05, 0) is 18.2 Å². The first kappa shape index (κ1) is 12.8. The van der Waals surface area contributed by atoms with E-state index in [0.717, 1.165) is 5.69 Å². The van der Waals surface area contributed by atoms with Crippen molar-refractivity contribution >= 4 is 11.6 Å². The number of benzene rings is 1. The van der Waals surface area contributed by atoms with Gasteiger partial charge in [0.1, 0.15) is 12.1 Å². The molecular formula is C13H14N4O2. The molecule has 0 atom stereocenters. The van der Waals surface area contributed by atoms with Crippen molar-refractivity contribution in [2.45, 2.75) is 6.54 Å². The van der Waals surface area contributed by atoms with Crippen molar-refractivity contribution in [3.8, 4) is 5.75 Å². The van der Waals surface area contributed by atoms with Crippen LogP contribution in [0.15, 0.2) is 42.9 Å². The number of carbonyl (C=O) groups is 1. The third-order valence-electron chi connectivity index (χ3n) is 2.34. The molecular weight excluding hydrogens is 244 g/mol. The van der Waals surface area contributed by atoms with E-state index in [2.05, 4.69) is 15.3 Å². The highest BCUT2D eigenvalue weighted by Crippen LogP contribution is 2.13. The standard InChI is InChI=1S/C13H14N4O2/c14-10-2-1-3-12(6-10)19-8-13(18)16-7-11-4-5-15-9-17-11/h1-6,9H,7-8,14H2,(H,16,18). The Balaban J connectivity index is 1.76. The van der Waals surface area contributed by atoms with Crippen LogP contribution in [0, 0.1) is 0 Å². The Morgan fingerprint density at radius 3 is 3.00 bits per heavy atom. The predicted molar refractivity (Wildman–Crippen MR) is 70.2 cm³/mol. The Morgan fingerprint density at radius 2 is 2.26 bits per heavy atom. The zero-order chi connectivity index (χ0) is 13.5. The number of nitrogens with two attached hydrogens (primary N) is 1. The van der Waals surface area contributed by atoms with Crippen molar-refractivity contribution in [1.29, 1.82) is 0 Å². The molecule has 0 aliphatic carbocycles. The summed E-state index contributed by atoms with van der Waals surface area (Å²) in [7, 11) is 0. The Hall–Kier alpha value is -2.63. The fourth-order valence-corrected chi connectivity index (χ4v) is 1.42. The molecule has 0 spiro atoms. The van der Waals surface area contributed by atoms with Crippen molar-refractivity contribution in [1.82, 2.24) is 15.3 Å². The van der Waals surface area contributed by atoms with Gasteiger partial charge in [-0.15, -0.1) is 0 Å². The summed E-state index contributed by atoms with van der Waals surface area (Å²) in [4.78, 5) is 19.4. The SMILES string of the molecule is Nc1cccc(OCC(=O)NCc2ccncn2)c1. The molecule has 19 heavy (non-hydrogen) atoms. The van der Waals surface area contributed by atoms with Crippen molar-refractivity contribution in [2.24, 2.45) is 0 Å². The number of carbonyl (C=O) groups excluding carboxylic acids is 1. The van der Waals surface area contributed by atoms with E-state index in [-0.39, 0.29) is 12.5 Å². The maximum atomic E-state index is 11.6. The molecule has 0 bridgehead atoms. The lowest BCUT2D eigenvalue weighted by Gasteiger charge is -2.07. The zero-order valence-corrected chi connectivity index (χ0v) is 10.2. The van der Waals surface area contributed by atoms with E-state index < -0.39 is 0 Å². The molecule has 1 amide bonds. The molecule has 2 aromatic rings. The quantitative estimate of drug-likeness (QED) is 0.772. The van der Waals surface area contributed by atoms with Gasteiger partial charge in [0.15, 0.2) is 6.61 Å². The van der Waals surface area contributed by atoms with Gasteiger partial charge in [0.2, 0.25) is 0 Å². The Bertz CT molecular complexity index is 545. The lowest BCUT2D eigenvalue weighted by Crippen LogP contribution is -2.28. The summed E-state index contributed by atoms with van der Waals surface area (Å²) in [5.41, 5.74) is 6.94. The third-order valence-corrected chi connectivity index (χ3v) is 2.34. The first-order valence-corrected chi connectivity index (χ1v) is 5.74. The van der Waals surface area contributed by atoms with E-state index in [9.17, 15) is 4.79 Å². The van der Waals surface area contributed by atoms with Gasteiger partial charge in [-0.25, -0.2) is 9.97 Å². The van der Waals surface area contributed by atoms with Crippen LogP contribution in [0.2, 0.25) is 0 Å². The van der Waals surface area contributed by atoms with Gasteiger partial charge >= 0.3 is 0 Å². The van der Waals surface area contributed by atoms with Gasteiger partial charge in [-0.3, -0.25) is 4.79 Å². The van der Waals surface area contributed by atoms with E-state index in [0.29, 0.717) is 18.0 Å². The average molecular weight is 258 g/mol. The Labute approximate surface area is 110 Å². The molecule has 0 aliphatic rings. The predicted octanol–water partition coefficient (Wildman–Crippen LogP) is 0.754. The molecule has 98 valence electrons. The van der Waals surface area contributed by atoms with Crippen molar-refractivity contribution in [3.63, 3.8) is 0 Å². The van der Waals surface area contributed by atoms with Gasteiger partial charge in [-0.1, -0.05) is 6.07 Å². The number of nitrogens with zero attached hydrogens (tertiary/aromatic N) is 2. The van der Waals surface area contributed by atoms with Crippen molar-refractivity contribution in [2.75, 3.05) is 12.3 Å². The number of aromatic nitrogens is 2. The van der Waals surface area contributed by atoms with Gasteiger partial charge in [0.05, 0.1) is 12.2 Å². The van der Waals surface area contributed by atoms with Crippen LogP contribution in [-0.2, 0) is 11.3 Å². The second-order valence-electron chi connectivity index (χ2n) is 3.84. The summed E-state index contributed by atoms with van der Waals surface area (Å²) in [5, 5.41) is 2.70. The van der Waals surface area contributed by atoms with E-state index in [1.54, 1.807) is 36.5 Å². The summed E-state index contributed by atoms with van der Waals surface area (Å²) in [5.74, 6) is 0.346. The molecule has 3 N–H and O–H groups in total. The first-order chi connectivity index (χ1) is 9.24. The number of rotatable bonds is 5. The number of nitrogen functional groups attached to an aromatic ring is 1. The molecule has 1 heterocycles. The molecule has 0 fully saturated rings. The Morgan fingerprint density at radius 1 is 1.37 bits per heavy atom. The highest BCUT2D eigenvalue weighted by molar-refractivity contribution is 5.77. The van der Waals surface area contributed by atoms with Crippen LogP contribution in [0.3, 0.4) is 0 Å². The lowest BCUT2D eigenvalue weighted by atomic mass is 10.3. The largest absolute Gasteiger partial charge is 0.484 e. The van der Waals surface area contributed by atoms with Gasteiger partial charge in [-0.2, -0.15) is 0 Å². The number of hydrogen-bond acceptors (Lipinski definition) is 5. The fraction of sp³-hybridized carbons (Fsp3) is 0.154. The molecule has 0 unspecified atom stereocenters. The monoisotopic (exact) mass is 258 g/mol. The van der Waals surface area contributed by atoms with Gasteiger partial charge in [0, 0.05) is 18.0 Å². The van der Waals surface area contributed by atoms with Crippen LogP contribution in [0.25, 0.3) is 0 Å². The maximum Gasteiger partial charge on any atom is 0.258 e. The van der Waals surface area contributed by atoms with Crippen molar-refractivity contribution < 1.29 is 9.53 Å². The molecule has 1 aromatic carbocycles. The summed E-state index contributed by atoms with van der Waals surface area (Å²) < 4.78 is 5.31. The molecule has 0 radical (unpaired) electrons. The molecule has 6 heteroatoms. The number of hydrogen-bond donors (Lipinski definition) is 2. The van der Waals surface area contributed by atoms with E-state index >= 15 is 0 Å². The number of amides is 1. The van der Waals surface area contributed by atoms with Gasteiger partial charge in [0.25, 0.3) is 5.91 Å². The highest BCUT2D eigenvalue weighted by Gasteiger charge is 2.03. The maximum absolute atomic E-state index is 11.6.